The minimum Gasteiger partial charge on any atom is -0.480 e. The van der Waals surface area contributed by atoms with Crippen molar-refractivity contribution in [1.29, 1.82) is 0 Å². The van der Waals surface area contributed by atoms with E-state index in [0.717, 1.165) is 40.3 Å². The van der Waals surface area contributed by atoms with Crippen molar-refractivity contribution >= 4 is 53.5 Å². The molecule has 3 heterocycles. The van der Waals surface area contributed by atoms with Gasteiger partial charge in [0.15, 0.2) is 0 Å². The van der Waals surface area contributed by atoms with Gasteiger partial charge in [0.2, 0.25) is 30.0 Å². The van der Waals surface area contributed by atoms with Crippen molar-refractivity contribution in [3.05, 3.63) is 52.6 Å². The zero-order valence-corrected chi connectivity index (χ0v) is 36.9. The van der Waals surface area contributed by atoms with Crippen LogP contribution in [-0.4, -0.2) is 120 Å². The normalized spacial score (nSPS) is 27.3. The third kappa shape index (κ3) is 13.8. The minimum atomic E-state index is -1.06. The van der Waals surface area contributed by atoms with Crippen molar-refractivity contribution in [1.82, 2.24) is 15.1 Å². The smallest absolute Gasteiger partial charge is 0.326 e. The minimum absolute atomic E-state index is 0.0190. The van der Waals surface area contributed by atoms with Crippen molar-refractivity contribution in [2.24, 2.45) is 5.92 Å². The van der Waals surface area contributed by atoms with Gasteiger partial charge in [-0.1, -0.05) is 50.6 Å². The summed E-state index contributed by atoms with van der Waals surface area (Å²) in [6.07, 6.45) is 10.7. The number of fused-ring (bicyclic) bond motifs is 3. The highest BCUT2D eigenvalue weighted by molar-refractivity contribution is 8.00. The first-order valence-corrected chi connectivity index (χ1v) is 20.9. The van der Waals surface area contributed by atoms with Crippen LogP contribution in [0.5, 0.6) is 0 Å². The standard InChI is InChI=1S/C29H42N2O4.C12H18N2O5S.C2H6/c1-19-10-8-9-11-24(30-18-32)17-26(34-7)22(4)28-29(5,35-28)13-12-27(33)31(6)25-16-23(14-19)15-20(2)21(25)3;1-7(12(18)19)13(2)9(15)4-5-20-8-6-10(16)14(3)11(8)17;1-2/h8-10,15-16,18,22,24,26,28H,11-14,17H2,1-7H3,(H,30,32);7-8H,4-6H2,1-3H3,(H,18,19);1-2H3/b9-8+,19-10+;;/t22-,24?,26?,28?,29-;7-,8?;/m10./s1. The summed E-state index contributed by atoms with van der Waals surface area (Å²) in [5.41, 5.74) is 5.38. The number of methoxy groups -OCH3 is 1. The van der Waals surface area contributed by atoms with E-state index in [9.17, 15) is 28.8 Å². The first kappa shape index (κ1) is 49.1. The lowest BCUT2D eigenvalue weighted by molar-refractivity contribution is -0.148. The zero-order valence-electron chi connectivity index (χ0n) is 36.0. The van der Waals surface area contributed by atoms with Gasteiger partial charge in [0.05, 0.1) is 23.1 Å². The summed E-state index contributed by atoms with van der Waals surface area (Å²) in [5.74, 6) is -1.19. The molecular weight excluding hydrogens is 749 g/mol. The van der Waals surface area contributed by atoms with Crippen LogP contribution in [0.4, 0.5) is 5.69 Å². The van der Waals surface area contributed by atoms with E-state index in [4.69, 9.17) is 14.6 Å². The highest BCUT2D eigenvalue weighted by atomic mass is 32.2. The third-order valence-corrected chi connectivity index (χ3v) is 12.3. The molecule has 0 saturated carbocycles. The van der Waals surface area contributed by atoms with Gasteiger partial charge < -0.3 is 29.7 Å². The van der Waals surface area contributed by atoms with Gasteiger partial charge in [-0.3, -0.25) is 28.9 Å². The number of nitrogens with one attached hydrogen (secondary N) is 1. The zero-order chi connectivity index (χ0) is 43.2. The number of carboxylic acids is 1. The number of epoxide rings is 1. The fraction of sp³-hybridized carbons (Fsp3) is 0.628. The molecule has 14 heteroatoms. The number of aliphatic carboxylic acids is 1. The van der Waals surface area contributed by atoms with Gasteiger partial charge in [-0.15, -0.1) is 11.8 Å². The Kier molecular flexibility index (Phi) is 19.7. The lowest BCUT2D eigenvalue weighted by atomic mass is 9.87. The Morgan fingerprint density at radius 2 is 1.81 bits per heavy atom. The monoisotopic (exact) mass is 814 g/mol. The molecule has 1 aromatic carbocycles. The Morgan fingerprint density at radius 1 is 1.14 bits per heavy atom. The number of likely N-dealkylation sites (N-methyl/N-ethyl adjacent to an activating group) is 1. The molecule has 318 valence electrons. The number of rotatable bonds is 9. The summed E-state index contributed by atoms with van der Waals surface area (Å²) in [5, 5.41) is 11.3. The van der Waals surface area contributed by atoms with Crippen LogP contribution in [0.15, 0.2) is 35.9 Å². The van der Waals surface area contributed by atoms with Crippen LogP contribution in [0.3, 0.4) is 0 Å². The Bertz CT molecular complexity index is 1650. The summed E-state index contributed by atoms with van der Waals surface area (Å²) < 4.78 is 12.0. The largest absolute Gasteiger partial charge is 0.480 e. The number of carbonyl (C=O) groups is 6. The molecule has 1 aromatic rings. The number of amides is 5. The maximum absolute atomic E-state index is 13.2. The number of anilines is 1. The van der Waals surface area contributed by atoms with Crippen LogP contribution in [0.25, 0.3) is 0 Å². The fourth-order valence-electron chi connectivity index (χ4n) is 7.03. The number of nitrogens with zero attached hydrogens (tertiary/aromatic N) is 3. The first-order chi connectivity index (χ1) is 26.8. The molecular formula is C43H66N4O9S. The van der Waals surface area contributed by atoms with E-state index in [0.29, 0.717) is 25.0 Å². The summed E-state index contributed by atoms with van der Waals surface area (Å²) >= 11 is 1.26. The molecule has 2 saturated heterocycles. The number of thioether (sulfide) groups is 1. The maximum Gasteiger partial charge on any atom is 0.326 e. The number of imide groups is 1. The quantitative estimate of drug-likeness (QED) is 0.181. The highest BCUT2D eigenvalue weighted by Crippen LogP contribution is 2.46. The first-order valence-electron chi connectivity index (χ1n) is 19.8. The summed E-state index contributed by atoms with van der Waals surface area (Å²) in [6.45, 7) is 16.0. The van der Waals surface area contributed by atoms with Crippen molar-refractivity contribution in [3.8, 4) is 0 Å². The molecule has 7 atom stereocenters. The van der Waals surface area contributed by atoms with E-state index in [1.807, 2.05) is 20.9 Å². The molecule has 2 N–H and O–H groups in total. The van der Waals surface area contributed by atoms with Gasteiger partial charge in [0.25, 0.3) is 0 Å². The number of hydrogen-bond acceptors (Lipinski definition) is 9. The summed E-state index contributed by atoms with van der Waals surface area (Å²) in [6, 6.07) is 3.45. The van der Waals surface area contributed by atoms with E-state index in [2.05, 4.69) is 70.3 Å². The average Bonchev–Trinajstić information content (AvgIpc) is 3.81. The van der Waals surface area contributed by atoms with Gasteiger partial charge in [0, 0.05) is 70.9 Å². The van der Waals surface area contributed by atoms with Crippen molar-refractivity contribution < 1.29 is 43.3 Å². The molecule has 4 unspecified atom stereocenters. The number of carbonyl (C=O) groups excluding carboxylic acids is 5. The number of hydrogen-bond donors (Lipinski definition) is 2. The second-order valence-corrected chi connectivity index (χ2v) is 16.5. The molecule has 3 aliphatic rings. The number of carboxylic acid groups (broad SMARTS) is 1. The summed E-state index contributed by atoms with van der Waals surface area (Å²) in [4.78, 5) is 74.0. The van der Waals surface area contributed by atoms with E-state index >= 15 is 0 Å². The average molecular weight is 815 g/mol. The second kappa shape index (κ2) is 22.8. The highest BCUT2D eigenvalue weighted by Gasteiger charge is 2.56. The topological polar surface area (TPSA) is 166 Å². The molecule has 3 aliphatic heterocycles. The van der Waals surface area contributed by atoms with Crippen LogP contribution in [0.1, 0.15) is 96.8 Å². The lowest BCUT2D eigenvalue weighted by Gasteiger charge is -2.26. The lowest BCUT2D eigenvalue weighted by Crippen LogP contribution is -2.40. The van der Waals surface area contributed by atoms with Crippen LogP contribution < -0.4 is 10.2 Å². The molecule has 2 fully saturated rings. The molecule has 0 aromatic heterocycles. The molecule has 4 rings (SSSR count). The van der Waals surface area contributed by atoms with Gasteiger partial charge in [-0.05, 0) is 83.1 Å². The molecule has 5 amide bonds. The van der Waals surface area contributed by atoms with E-state index in [1.165, 1.54) is 49.5 Å². The van der Waals surface area contributed by atoms with Gasteiger partial charge in [0.1, 0.15) is 6.04 Å². The van der Waals surface area contributed by atoms with Crippen molar-refractivity contribution in [3.63, 3.8) is 0 Å². The van der Waals surface area contributed by atoms with E-state index in [-0.39, 0.29) is 66.2 Å². The third-order valence-electron chi connectivity index (χ3n) is 11.1. The Morgan fingerprint density at radius 3 is 2.39 bits per heavy atom. The van der Waals surface area contributed by atoms with E-state index in [1.54, 1.807) is 12.0 Å². The Hall–Kier alpha value is -4.01. The molecule has 57 heavy (non-hydrogen) atoms. The summed E-state index contributed by atoms with van der Waals surface area (Å²) in [7, 11) is 6.47. The van der Waals surface area contributed by atoms with Gasteiger partial charge >= 0.3 is 5.97 Å². The predicted octanol–water partition coefficient (Wildman–Crippen LogP) is 5.63. The number of aryl methyl sites for hydroxylation is 1. The Balaban J connectivity index is 0.000000433. The maximum atomic E-state index is 13.2. The number of benzene rings is 1. The van der Waals surface area contributed by atoms with Gasteiger partial charge in [-0.2, -0.15) is 0 Å². The Labute approximate surface area is 343 Å². The molecule has 13 nitrogen and oxygen atoms in total. The molecule has 2 bridgehead atoms. The van der Waals surface area contributed by atoms with Crippen molar-refractivity contribution in [2.75, 3.05) is 38.9 Å². The van der Waals surface area contributed by atoms with Crippen LogP contribution in [0, 0.1) is 19.8 Å². The molecule has 0 spiro atoms. The second-order valence-electron chi connectivity index (χ2n) is 15.2. The van der Waals surface area contributed by atoms with Gasteiger partial charge in [-0.25, -0.2) is 4.79 Å². The predicted molar refractivity (Wildman–Crippen MR) is 225 cm³/mol. The fourth-order valence-corrected chi connectivity index (χ4v) is 8.16. The van der Waals surface area contributed by atoms with Crippen molar-refractivity contribution in [2.45, 2.75) is 135 Å². The molecule has 0 radical (unpaired) electrons. The SMILES string of the molecule is CC.COC1CC(NC=O)C/C=C/C=C(\C)Cc2cc(C)c(C)c(c2)N(C)C(=O)CC[C@@]2(C)OC2[C@@H]1C.C[C@@H](C(=O)O)N(C)C(=O)CCSC1CC(=O)N(C)C1=O. The number of likely N-dealkylation sites (tertiary alicyclic amines) is 1. The molecule has 0 aliphatic carbocycles. The van der Waals surface area contributed by atoms with E-state index < -0.39 is 17.3 Å². The number of ether oxygens (including phenoxy) is 2. The number of allylic oxidation sites excluding steroid dienone is 3. The van der Waals surface area contributed by atoms with Crippen LogP contribution >= 0.6 is 11.8 Å². The van der Waals surface area contributed by atoms with Crippen LogP contribution in [-0.2, 0) is 44.7 Å². The van der Waals surface area contributed by atoms with Crippen LogP contribution in [0.2, 0.25) is 0 Å².